The maximum atomic E-state index is 11.8. The zero-order valence-electron chi connectivity index (χ0n) is 11.4. The van der Waals surface area contributed by atoms with Gasteiger partial charge in [0.1, 0.15) is 6.29 Å². The van der Waals surface area contributed by atoms with Gasteiger partial charge in [0.05, 0.1) is 5.56 Å². The van der Waals surface area contributed by atoms with Crippen LogP contribution in [0.3, 0.4) is 0 Å². The van der Waals surface area contributed by atoms with Gasteiger partial charge in [0.2, 0.25) is 0 Å². The lowest BCUT2D eigenvalue weighted by Crippen LogP contribution is -2.20. The van der Waals surface area contributed by atoms with Crippen molar-refractivity contribution in [3.63, 3.8) is 0 Å². The molecule has 0 radical (unpaired) electrons. The Morgan fingerprint density at radius 2 is 1.86 bits per heavy atom. The summed E-state index contributed by atoms with van der Waals surface area (Å²) in [5, 5.41) is 2.62. The molecule has 0 aromatic heterocycles. The third-order valence-corrected chi connectivity index (χ3v) is 3.22. The lowest BCUT2D eigenvalue weighted by molar-refractivity contribution is -0.119. The number of carbonyl (C=O) groups is 3. The summed E-state index contributed by atoms with van der Waals surface area (Å²) in [5.41, 5.74) is 1.34. The normalized spacial score (nSPS) is 9.86. The maximum Gasteiger partial charge on any atom is 0.338 e. The number of carbonyl (C=O) groups excluding carboxylic acids is 3. The third-order valence-electron chi connectivity index (χ3n) is 2.73. The lowest BCUT2D eigenvalue weighted by atomic mass is 10.1. The zero-order valence-corrected chi connectivity index (χ0v) is 13.0. The van der Waals surface area contributed by atoms with E-state index in [1.54, 1.807) is 18.2 Å². The molecule has 1 N–H and O–H groups in total. The number of benzene rings is 2. The number of hydrogen-bond donors (Lipinski definition) is 1. The molecule has 22 heavy (non-hydrogen) atoms. The van der Waals surface area contributed by atoms with Gasteiger partial charge in [0, 0.05) is 15.7 Å². The molecule has 1 amide bonds. The van der Waals surface area contributed by atoms with Crippen molar-refractivity contribution >= 4 is 39.8 Å². The van der Waals surface area contributed by atoms with Gasteiger partial charge in [-0.05, 0) is 30.3 Å². The summed E-state index contributed by atoms with van der Waals surface area (Å²) >= 11 is 3.30. The van der Waals surface area contributed by atoms with Crippen LogP contribution in [0.1, 0.15) is 20.7 Å². The average molecular weight is 362 g/mol. The van der Waals surface area contributed by atoms with Crippen molar-refractivity contribution in [3.05, 3.63) is 64.1 Å². The minimum atomic E-state index is -0.623. The topological polar surface area (TPSA) is 72.5 Å². The van der Waals surface area contributed by atoms with Crippen LogP contribution in [-0.4, -0.2) is 24.8 Å². The van der Waals surface area contributed by atoms with Crippen molar-refractivity contribution < 1.29 is 19.1 Å². The van der Waals surface area contributed by atoms with E-state index in [4.69, 9.17) is 4.74 Å². The summed E-state index contributed by atoms with van der Waals surface area (Å²) in [6.45, 7) is -0.388. The van der Waals surface area contributed by atoms with Crippen molar-refractivity contribution in [2.45, 2.75) is 0 Å². The molecule has 6 heteroatoms. The Morgan fingerprint density at radius 1 is 1.14 bits per heavy atom. The van der Waals surface area contributed by atoms with E-state index in [2.05, 4.69) is 21.2 Å². The monoisotopic (exact) mass is 361 g/mol. The van der Waals surface area contributed by atoms with E-state index in [-0.39, 0.29) is 12.2 Å². The Bertz CT molecular complexity index is 698. The molecule has 0 aliphatic carbocycles. The van der Waals surface area contributed by atoms with Crippen molar-refractivity contribution in [2.75, 3.05) is 11.9 Å². The fraction of sp³-hybridized carbons (Fsp3) is 0.0625. The number of amides is 1. The van der Waals surface area contributed by atoms with Crippen LogP contribution >= 0.6 is 15.9 Å². The SMILES string of the molecule is O=Cc1ccc(C(=O)OCC(=O)Nc2cccc(Br)c2)cc1. The van der Waals surface area contributed by atoms with E-state index in [0.717, 1.165) is 4.47 Å². The molecule has 112 valence electrons. The van der Waals surface area contributed by atoms with Gasteiger partial charge in [-0.1, -0.05) is 34.1 Å². The Balaban J connectivity index is 1.87. The summed E-state index contributed by atoms with van der Waals surface area (Å²) in [6.07, 6.45) is 0.681. The largest absolute Gasteiger partial charge is 0.452 e. The first-order chi connectivity index (χ1) is 10.6. The molecule has 5 nitrogen and oxygen atoms in total. The molecule has 2 aromatic carbocycles. The van der Waals surface area contributed by atoms with Crippen molar-refractivity contribution in [3.8, 4) is 0 Å². The molecule has 2 aromatic rings. The molecule has 0 saturated heterocycles. The number of ether oxygens (including phenoxy) is 1. The number of rotatable bonds is 5. The Kier molecular flexibility index (Phi) is 5.43. The first-order valence-electron chi connectivity index (χ1n) is 6.36. The molecule has 0 fully saturated rings. The first kappa shape index (κ1) is 15.9. The van der Waals surface area contributed by atoms with Crippen LogP contribution in [0.25, 0.3) is 0 Å². The second-order valence-electron chi connectivity index (χ2n) is 4.37. The third kappa shape index (κ3) is 4.53. The summed E-state index contributed by atoms with van der Waals surface area (Å²) in [6, 6.07) is 13.0. The predicted octanol–water partition coefficient (Wildman–Crippen LogP) is 3.06. The highest BCUT2D eigenvalue weighted by Crippen LogP contribution is 2.15. The maximum absolute atomic E-state index is 11.8. The molecule has 0 aliphatic heterocycles. The highest BCUT2D eigenvalue weighted by Gasteiger charge is 2.10. The summed E-state index contributed by atoms with van der Waals surface area (Å²) in [7, 11) is 0. The van der Waals surface area contributed by atoms with Gasteiger partial charge in [-0.15, -0.1) is 0 Å². The lowest BCUT2D eigenvalue weighted by Gasteiger charge is -2.07. The summed E-state index contributed by atoms with van der Waals surface area (Å²) in [5.74, 6) is -1.06. The van der Waals surface area contributed by atoms with E-state index >= 15 is 0 Å². The number of halogens is 1. The highest BCUT2D eigenvalue weighted by molar-refractivity contribution is 9.10. The molecule has 0 atom stereocenters. The van der Waals surface area contributed by atoms with Gasteiger partial charge in [0.25, 0.3) is 5.91 Å². The second kappa shape index (κ2) is 7.51. The van der Waals surface area contributed by atoms with Gasteiger partial charge < -0.3 is 10.1 Å². The van der Waals surface area contributed by atoms with E-state index in [9.17, 15) is 14.4 Å². The number of anilines is 1. The minimum absolute atomic E-state index is 0.279. The molecular formula is C16H12BrNO4. The predicted molar refractivity (Wildman–Crippen MR) is 84.9 cm³/mol. The van der Waals surface area contributed by atoms with Gasteiger partial charge in [-0.25, -0.2) is 4.79 Å². The van der Waals surface area contributed by atoms with Crippen molar-refractivity contribution in [2.24, 2.45) is 0 Å². The second-order valence-corrected chi connectivity index (χ2v) is 5.29. The molecule has 2 rings (SSSR count). The van der Waals surface area contributed by atoms with Crippen LogP contribution in [-0.2, 0) is 9.53 Å². The van der Waals surface area contributed by atoms with Gasteiger partial charge in [0.15, 0.2) is 6.61 Å². The van der Waals surface area contributed by atoms with E-state index < -0.39 is 11.9 Å². The summed E-state index contributed by atoms with van der Waals surface area (Å²) in [4.78, 5) is 34.0. The number of nitrogens with one attached hydrogen (secondary N) is 1. The number of hydrogen-bond acceptors (Lipinski definition) is 4. The van der Waals surface area contributed by atoms with Crippen LogP contribution in [0.5, 0.6) is 0 Å². The van der Waals surface area contributed by atoms with E-state index in [0.29, 0.717) is 17.5 Å². The fourth-order valence-electron chi connectivity index (χ4n) is 1.68. The van der Waals surface area contributed by atoms with Crippen LogP contribution in [0.2, 0.25) is 0 Å². The van der Waals surface area contributed by atoms with Crippen LogP contribution in [0.15, 0.2) is 53.0 Å². The van der Waals surface area contributed by atoms with Gasteiger partial charge >= 0.3 is 5.97 Å². The zero-order chi connectivity index (χ0) is 15.9. The molecule has 0 unspecified atom stereocenters. The van der Waals surface area contributed by atoms with E-state index in [1.165, 1.54) is 24.3 Å². The summed E-state index contributed by atoms with van der Waals surface area (Å²) < 4.78 is 5.75. The van der Waals surface area contributed by atoms with Crippen molar-refractivity contribution in [1.29, 1.82) is 0 Å². The number of aldehydes is 1. The molecule has 0 aliphatic rings. The fourth-order valence-corrected chi connectivity index (χ4v) is 2.07. The van der Waals surface area contributed by atoms with Crippen LogP contribution in [0, 0.1) is 0 Å². The van der Waals surface area contributed by atoms with E-state index in [1.807, 2.05) is 6.07 Å². The van der Waals surface area contributed by atoms with Crippen LogP contribution in [0.4, 0.5) is 5.69 Å². The van der Waals surface area contributed by atoms with Crippen molar-refractivity contribution in [1.82, 2.24) is 0 Å². The first-order valence-corrected chi connectivity index (χ1v) is 7.15. The average Bonchev–Trinajstić information content (AvgIpc) is 2.52. The molecule has 0 heterocycles. The van der Waals surface area contributed by atoms with Gasteiger partial charge in [-0.2, -0.15) is 0 Å². The molecule has 0 bridgehead atoms. The standard InChI is InChI=1S/C16H12BrNO4/c17-13-2-1-3-14(8-13)18-15(20)10-22-16(21)12-6-4-11(9-19)5-7-12/h1-9H,10H2,(H,18,20). The molecule has 0 spiro atoms. The highest BCUT2D eigenvalue weighted by atomic mass is 79.9. The Labute approximate surface area is 135 Å². The Hall–Kier alpha value is -2.47. The molecular weight excluding hydrogens is 350 g/mol. The van der Waals surface area contributed by atoms with Crippen LogP contribution < -0.4 is 5.32 Å². The quantitative estimate of drug-likeness (QED) is 0.656. The molecule has 0 saturated carbocycles. The smallest absolute Gasteiger partial charge is 0.338 e. The minimum Gasteiger partial charge on any atom is -0.452 e. The number of esters is 1. The van der Waals surface area contributed by atoms with Gasteiger partial charge in [-0.3, -0.25) is 9.59 Å². The Morgan fingerprint density at radius 3 is 2.50 bits per heavy atom.